The zero-order valence-corrected chi connectivity index (χ0v) is 18.4. The fourth-order valence-electron chi connectivity index (χ4n) is 4.10. The van der Waals surface area contributed by atoms with Gasteiger partial charge in [-0.2, -0.15) is 5.10 Å². The fraction of sp³-hybridized carbons (Fsp3) is 0.320. The van der Waals surface area contributed by atoms with E-state index >= 15 is 0 Å². The third-order valence-electron chi connectivity index (χ3n) is 5.75. The highest BCUT2D eigenvalue weighted by Crippen LogP contribution is 2.20. The predicted octanol–water partition coefficient (Wildman–Crippen LogP) is 3.83. The van der Waals surface area contributed by atoms with Crippen LogP contribution in [-0.2, 0) is 17.9 Å². The molecule has 4 rings (SSSR count). The summed E-state index contributed by atoms with van der Waals surface area (Å²) in [5, 5.41) is 7.34. The largest absolute Gasteiger partial charge is 0.341 e. The molecule has 1 N–H and O–H groups in total. The molecule has 0 bridgehead atoms. The van der Waals surface area contributed by atoms with Crippen LogP contribution in [0, 0.1) is 5.92 Å². The van der Waals surface area contributed by atoms with E-state index in [0.717, 1.165) is 24.1 Å². The third-order valence-corrected chi connectivity index (χ3v) is 5.75. The molecule has 3 amide bonds. The molecule has 1 aliphatic heterocycles. The Bertz CT molecular complexity index is 1030. The Hall–Kier alpha value is -3.61. The van der Waals surface area contributed by atoms with E-state index in [1.54, 1.807) is 9.80 Å². The summed E-state index contributed by atoms with van der Waals surface area (Å²) < 4.78 is 1.89. The number of urea groups is 1. The normalized spacial score (nSPS) is 15.9. The molecule has 32 heavy (non-hydrogen) atoms. The van der Waals surface area contributed by atoms with E-state index in [-0.39, 0.29) is 17.9 Å². The number of anilines is 1. The van der Waals surface area contributed by atoms with Crippen molar-refractivity contribution in [3.05, 3.63) is 84.2 Å². The number of hydrogen-bond donors (Lipinski definition) is 1. The number of rotatable bonds is 6. The second kappa shape index (κ2) is 10.1. The van der Waals surface area contributed by atoms with Crippen molar-refractivity contribution >= 4 is 17.6 Å². The van der Waals surface area contributed by atoms with Crippen LogP contribution in [0.2, 0.25) is 0 Å². The quantitative estimate of drug-likeness (QED) is 0.645. The van der Waals surface area contributed by atoms with E-state index in [1.807, 2.05) is 72.7 Å². The van der Waals surface area contributed by atoms with Crippen molar-refractivity contribution in [3.8, 4) is 0 Å². The van der Waals surface area contributed by atoms with Crippen LogP contribution >= 0.6 is 0 Å². The molecule has 7 heteroatoms. The van der Waals surface area contributed by atoms with Gasteiger partial charge in [-0.1, -0.05) is 48.5 Å². The molecule has 3 aromatic rings. The highest BCUT2D eigenvalue weighted by molar-refractivity contribution is 5.90. The maximum absolute atomic E-state index is 13.1. The van der Waals surface area contributed by atoms with Crippen LogP contribution in [0.15, 0.2) is 73.1 Å². The van der Waals surface area contributed by atoms with Gasteiger partial charge in [0.05, 0.1) is 18.7 Å². The number of aromatic nitrogens is 2. The molecule has 1 aliphatic rings. The second-order valence-electron chi connectivity index (χ2n) is 8.31. The van der Waals surface area contributed by atoms with Crippen molar-refractivity contribution < 1.29 is 9.59 Å². The average molecular weight is 432 g/mol. The van der Waals surface area contributed by atoms with Crippen LogP contribution in [0.5, 0.6) is 0 Å². The molecule has 2 aromatic carbocycles. The van der Waals surface area contributed by atoms with E-state index in [0.29, 0.717) is 26.2 Å². The lowest BCUT2D eigenvalue weighted by atomic mass is 9.96. The summed E-state index contributed by atoms with van der Waals surface area (Å²) in [6, 6.07) is 19.4. The van der Waals surface area contributed by atoms with E-state index in [2.05, 4.69) is 22.5 Å². The number of nitrogens with one attached hydrogen (secondary N) is 1. The number of amides is 3. The topological polar surface area (TPSA) is 70.5 Å². The predicted molar refractivity (Wildman–Crippen MR) is 124 cm³/mol. The smallest absolute Gasteiger partial charge is 0.321 e. The fourth-order valence-corrected chi connectivity index (χ4v) is 4.10. The Labute approximate surface area is 188 Å². The molecule has 1 aromatic heterocycles. The first-order chi connectivity index (χ1) is 15.6. The molecule has 0 radical (unpaired) electrons. The zero-order chi connectivity index (χ0) is 22.3. The number of carbonyl (C=O) groups excluding carboxylic acids is 2. The monoisotopic (exact) mass is 431 g/mol. The molecule has 166 valence electrons. The Morgan fingerprint density at radius 2 is 1.78 bits per heavy atom. The third kappa shape index (κ3) is 5.55. The molecule has 0 aliphatic carbocycles. The first-order valence-electron chi connectivity index (χ1n) is 11.0. The van der Waals surface area contributed by atoms with Gasteiger partial charge in [0.1, 0.15) is 0 Å². The average Bonchev–Trinajstić information content (AvgIpc) is 3.26. The van der Waals surface area contributed by atoms with E-state index in [9.17, 15) is 9.59 Å². The Kier molecular flexibility index (Phi) is 6.84. The number of benzene rings is 2. The lowest BCUT2D eigenvalue weighted by Gasteiger charge is -2.34. The van der Waals surface area contributed by atoms with Gasteiger partial charge < -0.3 is 15.1 Å². The standard InChI is InChI=1S/C25H29N5O2/c1-28(16-21-15-26-30(18-21)17-20-9-4-2-5-10-20)24(31)22-11-8-14-29(19-22)25(32)27-23-12-6-3-7-13-23/h2-7,9-10,12-13,15,18,22H,8,11,14,16-17,19H2,1H3,(H,27,32). The number of nitrogens with zero attached hydrogens (tertiary/aromatic N) is 4. The minimum Gasteiger partial charge on any atom is -0.341 e. The van der Waals surface area contributed by atoms with E-state index in [1.165, 1.54) is 5.56 Å². The zero-order valence-electron chi connectivity index (χ0n) is 18.4. The number of piperidine rings is 1. The van der Waals surface area contributed by atoms with Crippen LogP contribution in [0.25, 0.3) is 0 Å². The molecular weight excluding hydrogens is 402 g/mol. The Balaban J connectivity index is 1.31. The van der Waals surface area contributed by atoms with Crippen LogP contribution in [0.4, 0.5) is 10.5 Å². The summed E-state index contributed by atoms with van der Waals surface area (Å²) in [5.74, 6) is -0.118. The maximum atomic E-state index is 13.1. The SMILES string of the molecule is CN(Cc1cnn(Cc2ccccc2)c1)C(=O)C1CCCN(C(=O)Nc2ccccc2)C1. The molecule has 1 fully saturated rings. The summed E-state index contributed by atoms with van der Waals surface area (Å²) in [6.07, 6.45) is 5.41. The molecule has 1 unspecified atom stereocenters. The first-order valence-corrected chi connectivity index (χ1v) is 11.0. The minimum atomic E-state index is -0.186. The van der Waals surface area contributed by atoms with Gasteiger partial charge in [-0.05, 0) is 30.5 Å². The number of carbonyl (C=O) groups is 2. The van der Waals surface area contributed by atoms with Gasteiger partial charge in [-0.15, -0.1) is 0 Å². The first kappa shape index (κ1) is 21.6. The van der Waals surface area contributed by atoms with Crippen LogP contribution in [-0.4, -0.2) is 51.7 Å². The summed E-state index contributed by atoms with van der Waals surface area (Å²) in [4.78, 5) is 29.2. The van der Waals surface area contributed by atoms with Gasteiger partial charge in [0, 0.05) is 44.1 Å². The van der Waals surface area contributed by atoms with Crippen LogP contribution in [0.3, 0.4) is 0 Å². The van der Waals surface area contributed by atoms with E-state index < -0.39 is 0 Å². The van der Waals surface area contributed by atoms with Crippen molar-refractivity contribution in [1.82, 2.24) is 19.6 Å². The number of para-hydroxylation sites is 1. The lowest BCUT2D eigenvalue weighted by Crippen LogP contribution is -2.47. The second-order valence-corrected chi connectivity index (χ2v) is 8.31. The molecule has 0 spiro atoms. The van der Waals surface area contributed by atoms with Crippen LogP contribution in [0.1, 0.15) is 24.0 Å². The van der Waals surface area contributed by atoms with Crippen molar-refractivity contribution in [3.63, 3.8) is 0 Å². The summed E-state index contributed by atoms with van der Waals surface area (Å²) >= 11 is 0. The van der Waals surface area contributed by atoms with Crippen molar-refractivity contribution in [2.45, 2.75) is 25.9 Å². The summed E-state index contributed by atoms with van der Waals surface area (Å²) in [7, 11) is 1.82. The maximum Gasteiger partial charge on any atom is 0.321 e. The Morgan fingerprint density at radius 1 is 1.06 bits per heavy atom. The molecular formula is C25H29N5O2. The highest BCUT2D eigenvalue weighted by Gasteiger charge is 2.30. The van der Waals surface area contributed by atoms with Crippen molar-refractivity contribution in [1.29, 1.82) is 0 Å². The number of hydrogen-bond acceptors (Lipinski definition) is 3. The lowest BCUT2D eigenvalue weighted by molar-refractivity contribution is -0.136. The molecule has 2 heterocycles. The molecule has 0 saturated carbocycles. The Morgan fingerprint density at radius 3 is 2.53 bits per heavy atom. The van der Waals surface area contributed by atoms with E-state index in [4.69, 9.17) is 0 Å². The van der Waals surface area contributed by atoms with Gasteiger partial charge in [0.15, 0.2) is 0 Å². The minimum absolute atomic E-state index is 0.0676. The highest BCUT2D eigenvalue weighted by atomic mass is 16.2. The summed E-state index contributed by atoms with van der Waals surface area (Å²) in [6.45, 7) is 2.31. The van der Waals surface area contributed by atoms with Gasteiger partial charge in [0.2, 0.25) is 5.91 Å². The van der Waals surface area contributed by atoms with Gasteiger partial charge in [-0.25, -0.2) is 4.79 Å². The molecule has 7 nitrogen and oxygen atoms in total. The van der Waals surface area contributed by atoms with Crippen molar-refractivity contribution in [2.24, 2.45) is 5.92 Å². The number of likely N-dealkylation sites (tertiary alicyclic amines) is 1. The van der Waals surface area contributed by atoms with Gasteiger partial charge in [0.25, 0.3) is 0 Å². The molecule has 1 atom stereocenters. The summed E-state index contributed by atoms with van der Waals surface area (Å²) in [5.41, 5.74) is 2.93. The van der Waals surface area contributed by atoms with Gasteiger partial charge in [-0.3, -0.25) is 9.48 Å². The van der Waals surface area contributed by atoms with Crippen LogP contribution < -0.4 is 5.32 Å². The van der Waals surface area contributed by atoms with Crippen molar-refractivity contribution in [2.75, 3.05) is 25.5 Å². The molecule has 1 saturated heterocycles. The van der Waals surface area contributed by atoms with Gasteiger partial charge >= 0.3 is 6.03 Å².